The first-order valence-corrected chi connectivity index (χ1v) is 5.55. The Kier molecular flexibility index (Phi) is 4.35. The van der Waals surface area contributed by atoms with Crippen molar-refractivity contribution in [3.05, 3.63) is 23.8 Å². The standard InChI is InChI=1S/C13H20N2O/c1-10(2)8-14-13-7-12(15(3)4)6-5-11(13)9-16/h5-7,9-10,14H,8H2,1-4H3. The number of nitrogens with zero attached hydrogens (tertiary/aromatic N) is 1. The van der Waals surface area contributed by atoms with Crippen LogP contribution >= 0.6 is 0 Å². The second kappa shape index (κ2) is 5.54. The maximum Gasteiger partial charge on any atom is 0.152 e. The van der Waals surface area contributed by atoms with Gasteiger partial charge in [-0.15, -0.1) is 0 Å². The van der Waals surface area contributed by atoms with Gasteiger partial charge in [-0.2, -0.15) is 0 Å². The Morgan fingerprint density at radius 3 is 2.56 bits per heavy atom. The lowest BCUT2D eigenvalue weighted by molar-refractivity contribution is 0.112. The number of carbonyl (C=O) groups is 1. The van der Waals surface area contributed by atoms with Crippen LogP contribution in [0, 0.1) is 5.92 Å². The second-order valence-electron chi connectivity index (χ2n) is 4.56. The smallest absolute Gasteiger partial charge is 0.152 e. The predicted octanol–water partition coefficient (Wildman–Crippen LogP) is 2.63. The van der Waals surface area contributed by atoms with Crippen molar-refractivity contribution in [2.75, 3.05) is 30.9 Å². The third kappa shape index (κ3) is 3.26. The Morgan fingerprint density at radius 2 is 2.06 bits per heavy atom. The average molecular weight is 220 g/mol. The topological polar surface area (TPSA) is 32.3 Å². The van der Waals surface area contributed by atoms with E-state index in [-0.39, 0.29) is 0 Å². The number of hydrogen-bond donors (Lipinski definition) is 1. The molecular weight excluding hydrogens is 200 g/mol. The van der Waals surface area contributed by atoms with Crippen LogP contribution < -0.4 is 10.2 Å². The van der Waals surface area contributed by atoms with E-state index < -0.39 is 0 Å². The maximum absolute atomic E-state index is 10.9. The van der Waals surface area contributed by atoms with Gasteiger partial charge >= 0.3 is 0 Å². The van der Waals surface area contributed by atoms with E-state index in [4.69, 9.17) is 0 Å². The van der Waals surface area contributed by atoms with E-state index >= 15 is 0 Å². The fourth-order valence-corrected chi connectivity index (χ4v) is 1.39. The molecule has 0 bridgehead atoms. The van der Waals surface area contributed by atoms with Gasteiger partial charge in [0.1, 0.15) is 0 Å². The number of hydrogen-bond acceptors (Lipinski definition) is 3. The molecule has 1 aromatic rings. The third-order valence-corrected chi connectivity index (χ3v) is 2.38. The first-order chi connectivity index (χ1) is 7.54. The monoisotopic (exact) mass is 220 g/mol. The number of aldehydes is 1. The minimum Gasteiger partial charge on any atom is -0.384 e. The molecule has 0 unspecified atom stereocenters. The summed E-state index contributed by atoms with van der Waals surface area (Å²) in [5.41, 5.74) is 2.72. The summed E-state index contributed by atoms with van der Waals surface area (Å²) in [5.74, 6) is 0.558. The van der Waals surface area contributed by atoms with Crippen molar-refractivity contribution in [3.8, 4) is 0 Å². The first kappa shape index (κ1) is 12.6. The van der Waals surface area contributed by atoms with Crippen LogP contribution in [0.2, 0.25) is 0 Å². The molecule has 0 heterocycles. The molecule has 0 aliphatic carbocycles. The molecule has 0 amide bonds. The Morgan fingerprint density at radius 1 is 1.38 bits per heavy atom. The molecule has 16 heavy (non-hydrogen) atoms. The molecule has 0 aromatic heterocycles. The average Bonchev–Trinajstić information content (AvgIpc) is 2.25. The van der Waals surface area contributed by atoms with Crippen LogP contribution in [0.3, 0.4) is 0 Å². The normalized spacial score (nSPS) is 10.3. The summed E-state index contributed by atoms with van der Waals surface area (Å²) in [6, 6.07) is 5.81. The zero-order valence-corrected chi connectivity index (χ0v) is 10.4. The number of rotatable bonds is 5. The molecule has 0 aliphatic rings. The highest BCUT2D eigenvalue weighted by Crippen LogP contribution is 2.21. The lowest BCUT2D eigenvalue weighted by Crippen LogP contribution is -2.12. The van der Waals surface area contributed by atoms with Crippen LogP contribution in [0.1, 0.15) is 24.2 Å². The van der Waals surface area contributed by atoms with Gasteiger partial charge in [0, 0.05) is 37.6 Å². The van der Waals surface area contributed by atoms with E-state index in [0.717, 1.165) is 24.2 Å². The summed E-state index contributed by atoms with van der Waals surface area (Å²) in [6.07, 6.45) is 0.891. The third-order valence-electron chi connectivity index (χ3n) is 2.38. The van der Waals surface area contributed by atoms with E-state index in [1.54, 1.807) is 0 Å². The summed E-state index contributed by atoms with van der Waals surface area (Å²) in [5, 5.41) is 3.30. The van der Waals surface area contributed by atoms with Crippen molar-refractivity contribution in [2.24, 2.45) is 5.92 Å². The van der Waals surface area contributed by atoms with Crippen molar-refractivity contribution in [3.63, 3.8) is 0 Å². The molecule has 88 valence electrons. The largest absolute Gasteiger partial charge is 0.384 e. The van der Waals surface area contributed by atoms with Crippen LogP contribution in [0.5, 0.6) is 0 Å². The summed E-state index contributed by atoms with van der Waals surface area (Å²) < 4.78 is 0. The summed E-state index contributed by atoms with van der Waals surface area (Å²) >= 11 is 0. The fourth-order valence-electron chi connectivity index (χ4n) is 1.39. The zero-order chi connectivity index (χ0) is 12.1. The maximum atomic E-state index is 10.9. The van der Waals surface area contributed by atoms with Crippen LogP contribution in [0.4, 0.5) is 11.4 Å². The van der Waals surface area contributed by atoms with Gasteiger partial charge in [-0.3, -0.25) is 4.79 Å². The molecule has 0 radical (unpaired) electrons. The molecule has 0 spiro atoms. The molecule has 3 heteroatoms. The van der Waals surface area contributed by atoms with Crippen LogP contribution in [-0.2, 0) is 0 Å². The lowest BCUT2D eigenvalue weighted by Gasteiger charge is -2.16. The highest BCUT2D eigenvalue weighted by Gasteiger charge is 2.04. The van der Waals surface area contributed by atoms with Crippen molar-refractivity contribution in [2.45, 2.75) is 13.8 Å². The number of anilines is 2. The van der Waals surface area contributed by atoms with Gasteiger partial charge in [0.2, 0.25) is 0 Å². The van der Waals surface area contributed by atoms with Gasteiger partial charge < -0.3 is 10.2 Å². The van der Waals surface area contributed by atoms with E-state index in [2.05, 4.69) is 19.2 Å². The van der Waals surface area contributed by atoms with Gasteiger partial charge in [0.15, 0.2) is 6.29 Å². The molecule has 1 rings (SSSR count). The Balaban J connectivity index is 2.93. The molecule has 0 fully saturated rings. The van der Waals surface area contributed by atoms with Gasteiger partial charge in [-0.25, -0.2) is 0 Å². The Bertz CT molecular complexity index is 359. The molecule has 3 nitrogen and oxygen atoms in total. The summed E-state index contributed by atoms with van der Waals surface area (Å²) in [6.45, 7) is 5.16. The molecular formula is C13H20N2O. The van der Waals surface area contributed by atoms with Gasteiger partial charge in [0.25, 0.3) is 0 Å². The predicted molar refractivity (Wildman–Crippen MR) is 69.5 cm³/mol. The highest BCUT2D eigenvalue weighted by atomic mass is 16.1. The van der Waals surface area contributed by atoms with Crippen LogP contribution in [-0.4, -0.2) is 26.9 Å². The molecule has 0 saturated carbocycles. The number of carbonyl (C=O) groups excluding carboxylic acids is 1. The Hall–Kier alpha value is -1.51. The zero-order valence-electron chi connectivity index (χ0n) is 10.4. The lowest BCUT2D eigenvalue weighted by atomic mass is 10.1. The minimum atomic E-state index is 0.558. The van der Waals surface area contributed by atoms with Crippen LogP contribution in [0.15, 0.2) is 18.2 Å². The van der Waals surface area contributed by atoms with E-state index in [1.165, 1.54) is 0 Å². The van der Waals surface area contributed by atoms with Crippen molar-refractivity contribution < 1.29 is 4.79 Å². The SMILES string of the molecule is CC(C)CNc1cc(N(C)C)ccc1C=O. The molecule has 0 aliphatic heterocycles. The van der Waals surface area contributed by atoms with Crippen molar-refractivity contribution in [1.82, 2.24) is 0 Å². The first-order valence-electron chi connectivity index (χ1n) is 5.55. The minimum absolute atomic E-state index is 0.558. The molecule has 1 aromatic carbocycles. The number of nitrogens with one attached hydrogen (secondary N) is 1. The summed E-state index contributed by atoms with van der Waals surface area (Å²) in [4.78, 5) is 12.9. The quantitative estimate of drug-likeness (QED) is 0.774. The fraction of sp³-hybridized carbons (Fsp3) is 0.462. The van der Waals surface area contributed by atoms with Crippen molar-refractivity contribution >= 4 is 17.7 Å². The Labute approximate surface area is 97.5 Å². The van der Waals surface area contributed by atoms with E-state index in [0.29, 0.717) is 11.5 Å². The second-order valence-corrected chi connectivity index (χ2v) is 4.56. The summed E-state index contributed by atoms with van der Waals surface area (Å²) in [7, 11) is 3.98. The van der Waals surface area contributed by atoms with Gasteiger partial charge in [-0.1, -0.05) is 13.8 Å². The number of benzene rings is 1. The molecule has 0 atom stereocenters. The molecule has 1 N–H and O–H groups in total. The van der Waals surface area contributed by atoms with E-state index in [1.807, 2.05) is 37.2 Å². The van der Waals surface area contributed by atoms with Crippen LogP contribution in [0.25, 0.3) is 0 Å². The van der Waals surface area contributed by atoms with Crippen molar-refractivity contribution in [1.29, 1.82) is 0 Å². The highest BCUT2D eigenvalue weighted by molar-refractivity contribution is 5.85. The van der Waals surface area contributed by atoms with Gasteiger partial charge in [-0.05, 0) is 24.1 Å². The van der Waals surface area contributed by atoms with E-state index in [9.17, 15) is 4.79 Å². The molecule has 0 saturated heterocycles. The van der Waals surface area contributed by atoms with Gasteiger partial charge in [0.05, 0.1) is 0 Å².